The van der Waals surface area contributed by atoms with Crippen LogP contribution in [0.2, 0.25) is 10.0 Å². The van der Waals surface area contributed by atoms with E-state index in [9.17, 15) is 9.18 Å². The fraction of sp³-hybridized carbons (Fsp3) is 0.190. The molecule has 1 aliphatic rings. The van der Waals surface area contributed by atoms with Crippen molar-refractivity contribution in [2.24, 2.45) is 5.92 Å². The second-order valence-corrected chi connectivity index (χ2v) is 7.18. The molecule has 27 heavy (non-hydrogen) atoms. The molecule has 2 aromatic rings. The second kappa shape index (κ2) is 8.59. The fourth-order valence-corrected chi connectivity index (χ4v) is 3.07. The number of halogens is 3. The zero-order valence-electron chi connectivity index (χ0n) is 14.7. The van der Waals surface area contributed by atoms with E-state index >= 15 is 0 Å². The molecule has 0 saturated heterocycles. The van der Waals surface area contributed by atoms with Crippen molar-refractivity contribution in [1.29, 1.82) is 0 Å². The first-order chi connectivity index (χ1) is 12.9. The van der Waals surface area contributed by atoms with Gasteiger partial charge in [-0.3, -0.25) is 4.79 Å². The SMILES string of the molecule is CC1C=C(F)N(CC(=O)c2ccc(Oc3ccc(Cl)cc3)cc2Cl)C=CC1. The van der Waals surface area contributed by atoms with Crippen LogP contribution in [-0.2, 0) is 0 Å². The van der Waals surface area contributed by atoms with Crippen LogP contribution >= 0.6 is 23.2 Å². The van der Waals surface area contributed by atoms with Gasteiger partial charge in [0.2, 0.25) is 0 Å². The number of carbonyl (C=O) groups is 1. The van der Waals surface area contributed by atoms with Crippen LogP contribution in [0.3, 0.4) is 0 Å². The lowest BCUT2D eigenvalue weighted by molar-refractivity contribution is 0.0957. The van der Waals surface area contributed by atoms with Crippen molar-refractivity contribution in [3.05, 3.63) is 82.4 Å². The van der Waals surface area contributed by atoms with E-state index in [2.05, 4.69) is 0 Å². The van der Waals surface area contributed by atoms with Gasteiger partial charge in [-0.25, -0.2) is 0 Å². The van der Waals surface area contributed by atoms with Gasteiger partial charge < -0.3 is 9.64 Å². The highest BCUT2D eigenvalue weighted by Gasteiger charge is 2.18. The van der Waals surface area contributed by atoms with E-state index in [-0.39, 0.29) is 23.3 Å². The molecule has 140 valence electrons. The number of ketones is 1. The first-order valence-corrected chi connectivity index (χ1v) is 9.25. The maximum Gasteiger partial charge on any atom is 0.190 e. The highest BCUT2D eigenvalue weighted by molar-refractivity contribution is 6.34. The lowest BCUT2D eigenvalue weighted by Crippen LogP contribution is -2.23. The summed E-state index contributed by atoms with van der Waals surface area (Å²) in [4.78, 5) is 13.9. The Morgan fingerprint density at radius 2 is 1.89 bits per heavy atom. The summed E-state index contributed by atoms with van der Waals surface area (Å²) in [6.45, 7) is 1.80. The van der Waals surface area contributed by atoms with Crippen LogP contribution in [0.5, 0.6) is 11.5 Å². The van der Waals surface area contributed by atoms with E-state index in [1.165, 1.54) is 11.0 Å². The summed E-state index contributed by atoms with van der Waals surface area (Å²) < 4.78 is 19.9. The molecule has 6 heteroatoms. The maximum atomic E-state index is 14.2. The van der Waals surface area contributed by atoms with E-state index in [1.54, 1.807) is 48.7 Å². The monoisotopic (exact) mass is 405 g/mol. The minimum atomic E-state index is -0.427. The fourth-order valence-electron chi connectivity index (χ4n) is 2.66. The molecule has 0 fully saturated rings. The van der Waals surface area contributed by atoms with Crippen molar-refractivity contribution >= 4 is 29.0 Å². The lowest BCUT2D eigenvalue weighted by atomic mass is 10.1. The standard InChI is InChI=1S/C21H18Cl2FNO2/c1-14-3-2-10-25(21(24)11-14)13-20(26)18-9-8-17(12-19(18)23)27-16-6-4-15(22)5-7-16/h2,4-12,14H,3,13H2,1H3. The van der Waals surface area contributed by atoms with Crippen LogP contribution in [0, 0.1) is 5.92 Å². The molecular weight excluding hydrogens is 388 g/mol. The minimum Gasteiger partial charge on any atom is -0.457 e. The molecule has 0 spiro atoms. The van der Waals surface area contributed by atoms with Crippen LogP contribution in [0.1, 0.15) is 23.7 Å². The predicted octanol–water partition coefficient (Wildman–Crippen LogP) is 6.63. The van der Waals surface area contributed by atoms with Gasteiger partial charge in [0.05, 0.1) is 11.6 Å². The molecule has 1 unspecified atom stereocenters. The molecule has 3 rings (SSSR count). The van der Waals surface area contributed by atoms with E-state index in [4.69, 9.17) is 27.9 Å². The third kappa shape index (κ3) is 5.12. The van der Waals surface area contributed by atoms with Gasteiger partial charge in [0.1, 0.15) is 11.5 Å². The smallest absolute Gasteiger partial charge is 0.190 e. The summed E-state index contributed by atoms with van der Waals surface area (Å²) in [5.41, 5.74) is 0.318. The van der Waals surface area contributed by atoms with Crippen LogP contribution < -0.4 is 4.74 Å². The molecule has 2 aromatic carbocycles. The molecule has 0 N–H and O–H groups in total. The Morgan fingerprint density at radius 1 is 1.19 bits per heavy atom. The molecule has 1 atom stereocenters. The summed E-state index contributed by atoms with van der Waals surface area (Å²) in [6.07, 6.45) is 5.69. The highest BCUT2D eigenvalue weighted by atomic mass is 35.5. The number of ether oxygens (including phenoxy) is 1. The van der Waals surface area contributed by atoms with Crippen molar-refractivity contribution < 1.29 is 13.9 Å². The van der Waals surface area contributed by atoms with E-state index in [0.717, 1.165) is 6.42 Å². The Kier molecular flexibility index (Phi) is 6.19. The van der Waals surface area contributed by atoms with Gasteiger partial charge in [0, 0.05) is 22.9 Å². The van der Waals surface area contributed by atoms with Crippen molar-refractivity contribution in [2.45, 2.75) is 13.3 Å². The lowest BCUT2D eigenvalue weighted by Gasteiger charge is -2.17. The number of hydrogen-bond acceptors (Lipinski definition) is 3. The second-order valence-electron chi connectivity index (χ2n) is 6.34. The normalized spacial score (nSPS) is 16.7. The quantitative estimate of drug-likeness (QED) is 0.412. The average Bonchev–Trinajstić information content (AvgIpc) is 2.77. The van der Waals surface area contributed by atoms with Crippen molar-refractivity contribution in [3.8, 4) is 11.5 Å². The van der Waals surface area contributed by atoms with Gasteiger partial charge in [-0.15, -0.1) is 0 Å². The Balaban J connectivity index is 1.72. The molecule has 0 bridgehead atoms. The number of rotatable bonds is 5. The van der Waals surface area contributed by atoms with Crippen LogP contribution in [0.15, 0.2) is 66.8 Å². The summed E-state index contributed by atoms with van der Waals surface area (Å²) in [7, 11) is 0. The molecule has 1 heterocycles. The summed E-state index contributed by atoms with van der Waals surface area (Å²) in [5, 5.41) is 0.864. The minimum absolute atomic E-state index is 0.0919. The Bertz CT molecular complexity index is 894. The van der Waals surface area contributed by atoms with E-state index < -0.39 is 5.95 Å². The topological polar surface area (TPSA) is 29.5 Å². The highest BCUT2D eigenvalue weighted by Crippen LogP contribution is 2.28. The number of hydrogen-bond donors (Lipinski definition) is 0. The van der Waals surface area contributed by atoms with Gasteiger partial charge in [0.25, 0.3) is 0 Å². The molecule has 0 radical (unpaired) electrons. The first-order valence-electron chi connectivity index (χ1n) is 8.49. The average molecular weight is 406 g/mol. The van der Waals surface area contributed by atoms with Gasteiger partial charge in [-0.1, -0.05) is 36.2 Å². The number of carbonyl (C=O) groups excluding carboxylic acids is 1. The van der Waals surface area contributed by atoms with Gasteiger partial charge in [0.15, 0.2) is 11.7 Å². The number of benzene rings is 2. The number of Topliss-reactive ketones (excluding diaryl/α,β-unsaturated/α-hetero) is 1. The molecule has 3 nitrogen and oxygen atoms in total. The van der Waals surface area contributed by atoms with Gasteiger partial charge in [-0.2, -0.15) is 4.39 Å². The molecule has 0 aromatic heterocycles. The molecule has 0 aliphatic carbocycles. The third-order valence-electron chi connectivity index (χ3n) is 4.09. The Hall–Kier alpha value is -2.30. The number of nitrogens with zero attached hydrogens (tertiary/aromatic N) is 1. The zero-order chi connectivity index (χ0) is 19.4. The third-order valence-corrected chi connectivity index (χ3v) is 4.66. The molecule has 0 amide bonds. The number of allylic oxidation sites excluding steroid dienone is 2. The van der Waals surface area contributed by atoms with Crippen LogP contribution in [-0.4, -0.2) is 17.2 Å². The zero-order valence-corrected chi connectivity index (χ0v) is 16.2. The summed E-state index contributed by atoms with van der Waals surface area (Å²) in [5.74, 6) is 0.484. The van der Waals surface area contributed by atoms with Gasteiger partial charge in [-0.05, 0) is 54.8 Å². The molecular formula is C21H18Cl2FNO2. The molecule has 0 saturated carbocycles. The Morgan fingerprint density at radius 3 is 2.59 bits per heavy atom. The maximum absolute atomic E-state index is 14.2. The van der Waals surface area contributed by atoms with E-state index in [1.807, 2.05) is 13.0 Å². The summed E-state index contributed by atoms with van der Waals surface area (Å²) >= 11 is 12.1. The van der Waals surface area contributed by atoms with Crippen LogP contribution in [0.4, 0.5) is 4.39 Å². The Labute approximate surface area is 167 Å². The van der Waals surface area contributed by atoms with Crippen molar-refractivity contribution in [3.63, 3.8) is 0 Å². The first kappa shape index (κ1) is 19.5. The van der Waals surface area contributed by atoms with Crippen LogP contribution in [0.25, 0.3) is 0 Å². The van der Waals surface area contributed by atoms with Crippen molar-refractivity contribution in [2.75, 3.05) is 6.54 Å². The van der Waals surface area contributed by atoms with E-state index in [0.29, 0.717) is 22.1 Å². The predicted molar refractivity (Wildman–Crippen MR) is 106 cm³/mol. The van der Waals surface area contributed by atoms with Gasteiger partial charge >= 0.3 is 0 Å². The summed E-state index contributed by atoms with van der Waals surface area (Å²) in [6, 6.07) is 11.7. The largest absolute Gasteiger partial charge is 0.457 e. The van der Waals surface area contributed by atoms with Crippen molar-refractivity contribution in [1.82, 2.24) is 4.90 Å². The molecule has 1 aliphatic heterocycles.